The minimum absolute atomic E-state index is 0.705. The summed E-state index contributed by atoms with van der Waals surface area (Å²) in [4.78, 5) is 3.94. The number of aryl methyl sites for hydroxylation is 2. The molecule has 4 nitrogen and oxygen atoms in total. The van der Waals surface area contributed by atoms with Gasteiger partial charge in [-0.2, -0.15) is 0 Å². The van der Waals surface area contributed by atoms with Crippen molar-refractivity contribution in [3.63, 3.8) is 0 Å². The number of thiocarbonyl (C=S) groups is 1. The zero-order chi connectivity index (χ0) is 19.1. The van der Waals surface area contributed by atoms with E-state index < -0.39 is 0 Å². The van der Waals surface area contributed by atoms with Crippen molar-refractivity contribution in [1.82, 2.24) is 4.90 Å². The molecule has 2 N–H and O–H groups in total. The Morgan fingerprint density at radius 2 is 1.81 bits per heavy atom. The van der Waals surface area contributed by atoms with Crippen LogP contribution in [-0.4, -0.2) is 36.2 Å². The minimum Gasteiger partial charge on any atom is -0.467 e. The maximum absolute atomic E-state index is 5.77. The van der Waals surface area contributed by atoms with Gasteiger partial charge in [-0.05, 0) is 87.1 Å². The molecule has 0 aliphatic carbocycles. The molecule has 2 aromatic rings. The van der Waals surface area contributed by atoms with Crippen LogP contribution in [0.3, 0.4) is 0 Å². The van der Waals surface area contributed by atoms with Gasteiger partial charge in [-0.15, -0.1) is 0 Å². The van der Waals surface area contributed by atoms with Crippen LogP contribution < -0.4 is 10.2 Å². The number of likely N-dealkylation sites (tertiary alicyclic amines) is 1. The second kappa shape index (κ2) is 9.90. The largest absolute Gasteiger partial charge is 0.467 e. The molecule has 27 heavy (non-hydrogen) atoms. The normalized spacial score (nSPS) is 15.3. The SMILES string of the molecule is Cc1cc(C)cc(NC(=S)N(CC[NH+]2CCCCCC2)Cc2ccco2)c1. The lowest BCUT2D eigenvalue weighted by atomic mass is 10.1. The second-order valence-electron chi connectivity index (χ2n) is 7.72. The van der Waals surface area contributed by atoms with Crippen LogP contribution in [-0.2, 0) is 6.54 Å². The average Bonchev–Trinajstić information content (AvgIpc) is 2.99. The summed E-state index contributed by atoms with van der Waals surface area (Å²) in [6.07, 6.45) is 7.18. The van der Waals surface area contributed by atoms with Crippen molar-refractivity contribution >= 4 is 23.0 Å². The van der Waals surface area contributed by atoms with Crippen molar-refractivity contribution in [1.29, 1.82) is 0 Å². The summed E-state index contributed by atoms with van der Waals surface area (Å²) in [5.41, 5.74) is 3.54. The van der Waals surface area contributed by atoms with Crippen molar-refractivity contribution in [3.8, 4) is 0 Å². The average molecular weight is 387 g/mol. The lowest BCUT2D eigenvalue weighted by molar-refractivity contribution is -0.898. The molecule has 3 rings (SSSR count). The van der Waals surface area contributed by atoms with E-state index in [1.54, 1.807) is 11.2 Å². The summed E-state index contributed by atoms with van der Waals surface area (Å²) < 4.78 is 5.58. The van der Waals surface area contributed by atoms with Crippen LogP contribution >= 0.6 is 12.2 Å². The van der Waals surface area contributed by atoms with Gasteiger partial charge in [0, 0.05) is 5.69 Å². The number of hydrogen-bond acceptors (Lipinski definition) is 2. The highest BCUT2D eigenvalue weighted by atomic mass is 32.1. The van der Waals surface area contributed by atoms with Gasteiger partial charge in [0.05, 0.1) is 39.0 Å². The highest BCUT2D eigenvalue weighted by Crippen LogP contribution is 2.15. The van der Waals surface area contributed by atoms with Crippen molar-refractivity contribution in [3.05, 3.63) is 53.5 Å². The van der Waals surface area contributed by atoms with Gasteiger partial charge >= 0.3 is 0 Å². The van der Waals surface area contributed by atoms with Crippen LogP contribution in [0, 0.1) is 13.8 Å². The van der Waals surface area contributed by atoms with Crippen molar-refractivity contribution in [2.24, 2.45) is 0 Å². The molecule has 0 amide bonds. The summed E-state index contributed by atoms with van der Waals surface area (Å²) in [6, 6.07) is 10.4. The summed E-state index contributed by atoms with van der Waals surface area (Å²) in [5, 5.41) is 4.21. The zero-order valence-electron chi connectivity index (χ0n) is 16.6. The van der Waals surface area contributed by atoms with E-state index in [9.17, 15) is 0 Å². The molecule has 1 aromatic heterocycles. The number of quaternary nitrogens is 1. The third-order valence-corrected chi connectivity index (χ3v) is 5.59. The van der Waals surface area contributed by atoms with Crippen molar-refractivity contribution in [2.75, 3.05) is 31.5 Å². The molecule has 0 spiro atoms. The summed E-state index contributed by atoms with van der Waals surface area (Å²) in [7, 11) is 0. The first kappa shape index (κ1) is 19.9. The van der Waals surface area contributed by atoms with Crippen LogP contribution in [0.2, 0.25) is 0 Å². The number of hydrogen-bond donors (Lipinski definition) is 2. The Kier molecular flexibility index (Phi) is 7.30. The molecule has 1 aromatic carbocycles. The van der Waals surface area contributed by atoms with E-state index in [4.69, 9.17) is 16.6 Å². The molecule has 0 atom stereocenters. The van der Waals surface area contributed by atoms with E-state index in [-0.39, 0.29) is 0 Å². The Labute approximate surface area is 168 Å². The lowest BCUT2D eigenvalue weighted by Crippen LogP contribution is -3.12. The highest BCUT2D eigenvalue weighted by Gasteiger charge is 2.17. The molecule has 1 aliphatic heterocycles. The Morgan fingerprint density at radius 3 is 2.44 bits per heavy atom. The Bertz CT molecular complexity index is 701. The molecule has 0 unspecified atom stereocenters. The summed E-state index contributed by atoms with van der Waals surface area (Å²) in [6.45, 7) is 9.56. The molecule has 1 fully saturated rings. The van der Waals surface area contributed by atoms with Gasteiger partial charge in [0.25, 0.3) is 0 Å². The predicted molar refractivity (Wildman–Crippen MR) is 115 cm³/mol. The first-order valence-electron chi connectivity index (χ1n) is 10.1. The maximum atomic E-state index is 5.77. The smallest absolute Gasteiger partial charge is 0.174 e. The topological polar surface area (TPSA) is 32.9 Å². The fourth-order valence-electron chi connectivity index (χ4n) is 3.86. The Balaban J connectivity index is 1.65. The van der Waals surface area contributed by atoms with Crippen LogP contribution in [0.1, 0.15) is 42.6 Å². The molecule has 0 radical (unpaired) electrons. The van der Waals surface area contributed by atoms with E-state index in [2.05, 4.69) is 42.3 Å². The summed E-state index contributed by atoms with van der Waals surface area (Å²) in [5.74, 6) is 0.949. The molecule has 5 heteroatoms. The minimum atomic E-state index is 0.705. The molecular weight excluding hydrogens is 354 g/mol. The third kappa shape index (κ3) is 6.36. The lowest BCUT2D eigenvalue weighted by Gasteiger charge is -2.27. The molecule has 1 saturated heterocycles. The fourth-order valence-corrected chi connectivity index (χ4v) is 4.14. The number of furan rings is 1. The quantitative estimate of drug-likeness (QED) is 0.744. The molecule has 146 valence electrons. The number of rotatable bonds is 6. The van der Waals surface area contributed by atoms with Gasteiger partial charge in [-0.1, -0.05) is 6.07 Å². The number of anilines is 1. The highest BCUT2D eigenvalue weighted by molar-refractivity contribution is 7.80. The van der Waals surface area contributed by atoms with Crippen molar-refractivity contribution < 1.29 is 9.32 Å². The second-order valence-corrected chi connectivity index (χ2v) is 8.11. The first-order valence-corrected chi connectivity index (χ1v) is 10.5. The molecule has 0 bridgehead atoms. The third-order valence-electron chi connectivity index (χ3n) is 5.23. The van der Waals surface area contributed by atoms with E-state index in [0.29, 0.717) is 6.54 Å². The van der Waals surface area contributed by atoms with Gasteiger partial charge in [0.2, 0.25) is 0 Å². The van der Waals surface area contributed by atoms with Gasteiger partial charge < -0.3 is 19.5 Å². The Morgan fingerprint density at radius 1 is 1.11 bits per heavy atom. The van der Waals surface area contributed by atoms with Crippen LogP contribution in [0.5, 0.6) is 0 Å². The van der Waals surface area contributed by atoms with E-state index in [1.165, 1.54) is 49.9 Å². The number of nitrogens with zero attached hydrogens (tertiary/aromatic N) is 1. The number of benzene rings is 1. The molecule has 2 heterocycles. The van der Waals surface area contributed by atoms with Gasteiger partial charge in [-0.3, -0.25) is 0 Å². The zero-order valence-corrected chi connectivity index (χ0v) is 17.4. The van der Waals surface area contributed by atoms with Crippen LogP contribution in [0.15, 0.2) is 41.0 Å². The molecular formula is C22H32N3OS+. The monoisotopic (exact) mass is 386 g/mol. The van der Waals surface area contributed by atoms with Gasteiger partial charge in [-0.25, -0.2) is 0 Å². The predicted octanol–water partition coefficient (Wildman–Crippen LogP) is 3.55. The van der Waals surface area contributed by atoms with Crippen LogP contribution in [0.4, 0.5) is 5.69 Å². The van der Waals surface area contributed by atoms with Crippen molar-refractivity contribution in [2.45, 2.75) is 46.1 Å². The fraction of sp³-hybridized carbons (Fsp3) is 0.500. The van der Waals surface area contributed by atoms with Gasteiger partial charge in [0.15, 0.2) is 5.11 Å². The van der Waals surface area contributed by atoms with E-state index in [1.807, 2.05) is 12.1 Å². The summed E-state index contributed by atoms with van der Waals surface area (Å²) >= 11 is 5.77. The number of nitrogens with one attached hydrogen (secondary N) is 2. The Hall–Kier alpha value is -1.85. The first-order chi connectivity index (χ1) is 13.1. The van der Waals surface area contributed by atoms with E-state index in [0.717, 1.165) is 29.6 Å². The van der Waals surface area contributed by atoms with Crippen LogP contribution in [0.25, 0.3) is 0 Å². The standard InChI is InChI=1S/C22H31N3OS/c1-18-14-19(2)16-20(15-18)23-22(27)25(17-21-8-7-13-26-21)12-11-24-9-5-3-4-6-10-24/h7-8,13-16H,3-6,9-12,17H2,1-2H3,(H,23,27)/p+1. The molecule has 1 aliphatic rings. The van der Waals surface area contributed by atoms with Gasteiger partial charge in [0.1, 0.15) is 5.76 Å². The van der Waals surface area contributed by atoms with E-state index >= 15 is 0 Å². The maximum Gasteiger partial charge on any atom is 0.174 e. The molecule has 0 saturated carbocycles.